The normalized spacial score (nSPS) is 11.1. The first kappa shape index (κ1) is 18.6. The molecule has 0 spiro atoms. The van der Waals surface area contributed by atoms with Crippen molar-refractivity contribution >= 4 is 52.5 Å². The van der Waals surface area contributed by atoms with Gasteiger partial charge in [0.15, 0.2) is 0 Å². The largest absolute Gasteiger partial charge is 0.457 e. The number of carbonyl (C=O) groups is 1. The number of hydrogen-bond donors (Lipinski definition) is 1. The fourth-order valence-electron chi connectivity index (χ4n) is 2.26. The summed E-state index contributed by atoms with van der Waals surface area (Å²) in [5, 5.41) is 4.28. The van der Waals surface area contributed by atoms with Gasteiger partial charge in [0, 0.05) is 22.3 Å². The summed E-state index contributed by atoms with van der Waals surface area (Å²) in [5.41, 5.74) is 2.38. The lowest BCUT2D eigenvalue weighted by molar-refractivity contribution is -0.111. The molecular weight excluding hydrogens is 393 g/mol. The zero-order chi connectivity index (χ0) is 18.7. The first-order valence-electron chi connectivity index (χ1n) is 7.73. The second kappa shape index (κ2) is 8.00. The number of nitrogens with one attached hydrogen (secondary N) is 1. The maximum atomic E-state index is 12.0. The lowest BCUT2D eigenvalue weighted by Gasteiger charge is -2.04. The predicted octanol–water partition coefficient (Wildman–Crippen LogP) is 6.87. The number of hydrogen-bond acceptors (Lipinski definition) is 2. The van der Waals surface area contributed by atoms with Crippen LogP contribution in [0.3, 0.4) is 0 Å². The van der Waals surface area contributed by atoms with Crippen LogP contribution in [-0.2, 0) is 4.79 Å². The second-order valence-electron chi connectivity index (χ2n) is 5.62. The van der Waals surface area contributed by atoms with Crippen LogP contribution in [-0.4, -0.2) is 5.91 Å². The van der Waals surface area contributed by atoms with E-state index in [1.54, 1.807) is 42.5 Å². The van der Waals surface area contributed by atoms with Gasteiger partial charge in [-0.25, -0.2) is 0 Å². The van der Waals surface area contributed by atoms with Gasteiger partial charge in [-0.3, -0.25) is 4.79 Å². The summed E-state index contributed by atoms with van der Waals surface area (Å²) in [6.07, 6.45) is 2.98. The molecule has 0 saturated heterocycles. The first-order valence-corrected chi connectivity index (χ1v) is 8.86. The molecule has 0 aliphatic heterocycles. The third kappa shape index (κ3) is 4.50. The van der Waals surface area contributed by atoms with Crippen molar-refractivity contribution in [1.29, 1.82) is 0 Å². The van der Waals surface area contributed by atoms with Crippen LogP contribution in [0.4, 0.5) is 5.69 Å². The summed E-state index contributed by atoms with van der Waals surface area (Å²) in [6, 6.07) is 14.2. The highest BCUT2D eigenvalue weighted by Gasteiger charge is 2.07. The van der Waals surface area contributed by atoms with Gasteiger partial charge in [-0.15, -0.1) is 0 Å². The highest BCUT2D eigenvalue weighted by atomic mass is 35.5. The Morgan fingerprint density at radius 2 is 1.77 bits per heavy atom. The van der Waals surface area contributed by atoms with Crippen LogP contribution in [0.2, 0.25) is 15.1 Å². The minimum Gasteiger partial charge on any atom is -0.457 e. The van der Waals surface area contributed by atoms with E-state index in [9.17, 15) is 4.79 Å². The molecule has 1 aromatic heterocycles. The molecule has 6 heteroatoms. The van der Waals surface area contributed by atoms with Crippen LogP contribution < -0.4 is 5.32 Å². The molecule has 2 aromatic carbocycles. The topological polar surface area (TPSA) is 42.2 Å². The van der Waals surface area contributed by atoms with E-state index in [0.29, 0.717) is 32.3 Å². The number of amides is 1. The molecule has 0 unspecified atom stereocenters. The number of anilines is 1. The summed E-state index contributed by atoms with van der Waals surface area (Å²) in [5.74, 6) is 0.898. The van der Waals surface area contributed by atoms with Crippen LogP contribution in [0.5, 0.6) is 0 Å². The van der Waals surface area contributed by atoms with Gasteiger partial charge in [0.1, 0.15) is 11.5 Å². The molecule has 3 nitrogen and oxygen atoms in total. The molecule has 1 amide bonds. The number of furan rings is 1. The molecule has 0 bridgehead atoms. The zero-order valence-corrected chi connectivity index (χ0v) is 16.0. The van der Waals surface area contributed by atoms with E-state index in [1.165, 1.54) is 6.08 Å². The van der Waals surface area contributed by atoms with E-state index < -0.39 is 0 Å². The van der Waals surface area contributed by atoms with Crippen LogP contribution in [0.15, 0.2) is 59.0 Å². The van der Waals surface area contributed by atoms with E-state index in [0.717, 1.165) is 11.1 Å². The lowest BCUT2D eigenvalue weighted by Crippen LogP contribution is -2.07. The Hall–Kier alpha value is -2.20. The third-order valence-electron chi connectivity index (χ3n) is 3.67. The van der Waals surface area contributed by atoms with Crippen molar-refractivity contribution in [3.63, 3.8) is 0 Å². The maximum absolute atomic E-state index is 12.0. The monoisotopic (exact) mass is 405 g/mol. The van der Waals surface area contributed by atoms with Crippen molar-refractivity contribution in [2.75, 3.05) is 5.32 Å². The van der Waals surface area contributed by atoms with Gasteiger partial charge in [0.25, 0.3) is 0 Å². The fourth-order valence-corrected chi connectivity index (χ4v) is 2.74. The summed E-state index contributed by atoms with van der Waals surface area (Å²) in [4.78, 5) is 12.0. The summed E-state index contributed by atoms with van der Waals surface area (Å²) in [7, 11) is 0. The smallest absolute Gasteiger partial charge is 0.248 e. The number of aryl methyl sites for hydroxylation is 1. The molecule has 0 radical (unpaired) electrons. The van der Waals surface area contributed by atoms with E-state index in [2.05, 4.69) is 5.32 Å². The van der Waals surface area contributed by atoms with E-state index in [1.807, 2.05) is 19.1 Å². The van der Waals surface area contributed by atoms with Crippen LogP contribution >= 0.6 is 34.8 Å². The fraction of sp³-hybridized carbons (Fsp3) is 0.0500. The van der Waals surface area contributed by atoms with Gasteiger partial charge >= 0.3 is 0 Å². The van der Waals surface area contributed by atoms with Gasteiger partial charge in [-0.2, -0.15) is 0 Å². The maximum Gasteiger partial charge on any atom is 0.248 e. The molecule has 0 aliphatic carbocycles. The number of halogens is 3. The van der Waals surface area contributed by atoms with Crippen molar-refractivity contribution in [2.45, 2.75) is 6.92 Å². The van der Waals surface area contributed by atoms with Gasteiger partial charge in [-0.05, 0) is 61.0 Å². The van der Waals surface area contributed by atoms with E-state index in [4.69, 9.17) is 39.2 Å². The highest BCUT2D eigenvalue weighted by molar-refractivity contribution is 6.42. The van der Waals surface area contributed by atoms with Crippen molar-refractivity contribution in [3.8, 4) is 11.3 Å². The molecule has 132 valence electrons. The van der Waals surface area contributed by atoms with Crippen LogP contribution in [0, 0.1) is 6.92 Å². The van der Waals surface area contributed by atoms with Gasteiger partial charge in [-0.1, -0.05) is 40.9 Å². The van der Waals surface area contributed by atoms with E-state index in [-0.39, 0.29) is 5.91 Å². The Balaban J connectivity index is 1.68. The molecule has 0 saturated carbocycles. The Morgan fingerprint density at radius 1 is 0.962 bits per heavy atom. The molecule has 3 aromatic rings. The SMILES string of the molecule is Cc1ccc(NC(=O)/C=C/c2ccc(-c3ccc(Cl)c(Cl)c3)o2)cc1Cl. The zero-order valence-electron chi connectivity index (χ0n) is 13.7. The average molecular weight is 407 g/mol. The Bertz CT molecular complexity index is 992. The van der Waals surface area contributed by atoms with Gasteiger partial charge < -0.3 is 9.73 Å². The minimum absolute atomic E-state index is 0.280. The van der Waals surface area contributed by atoms with Crippen molar-refractivity contribution < 1.29 is 9.21 Å². The molecule has 3 rings (SSSR count). The van der Waals surface area contributed by atoms with Crippen LogP contribution in [0.1, 0.15) is 11.3 Å². The molecule has 0 fully saturated rings. The third-order valence-corrected chi connectivity index (χ3v) is 4.82. The first-order chi connectivity index (χ1) is 12.4. The standard InChI is InChI=1S/C20H14Cl3NO2/c1-12-2-4-14(11-17(12)22)24-20(25)9-6-15-5-8-19(26-15)13-3-7-16(21)18(23)10-13/h2-11H,1H3,(H,24,25)/b9-6+. The molecule has 0 atom stereocenters. The summed E-state index contributed by atoms with van der Waals surface area (Å²) >= 11 is 18.0. The van der Waals surface area contributed by atoms with Crippen molar-refractivity contribution in [1.82, 2.24) is 0 Å². The number of rotatable bonds is 4. The minimum atomic E-state index is -0.280. The summed E-state index contributed by atoms with van der Waals surface area (Å²) < 4.78 is 5.71. The Kier molecular flexibility index (Phi) is 5.72. The van der Waals surface area contributed by atoms with Gasteiger partial charge in [0.05, 0.1) is 10.0 Å². The quantitative estimate of drug-likeness (QED) is 0.480. The molecule has 1 N–H and O–H groups in total. The van der Waals surface area contributed by atoms with Crippen molar-refractivity contribution in [2.24, 2.45) is 0 Å². The van der Waals surface area contributed by atoms with Crippen LogP contribution in [0.25, 0.3) is 17.4 Å². The summed E-state index contributed by atoms with van der Waals surface area (Å²) in [6.45, 7) is 1.90. The lowest BCUT2D eigenvalue weighted by atomic mass is 10.2. The van der Waals surface area contributed by atoms with E-state index >= 15 is 0 Å². The Labute approximate surface area is 166 Å². The number of benzene rings is 2. The number of carbonyl (C=O) groups excluding carboxylic acids is 1. The predicted molar refractivity (Wildman–Crippen MR) is 108 cm³/mol. The molecule has 26 heavy (non-hydrogen) atoms. The molecular formula is C20H14Cl3NO2. The second-order valence-corrected chi connectivity index (χ2v) is 6.84. The molecule has 1 heterocycles. The highest BCUT2D eigenvalue weighted by Crippen LogP contribution is 2.29. The average Bonchev–Trinajstić information content (AvgIpc) is 3.08. The van der Waals surface area contributed by atoms with Crippen molar-refractivity contribution in [3.05, 3.63) is 81.0 Å². The Morgan fingerprint density at radius 3 is 2.50 bits per heavy atom. The molecule has 0 aliphatic rings. The van der Waals surface area contributed by atoms with Gasteiger partial charge in [0.2, 0.25) is 5.91 Å².